The summed E-state index contributed by atoms with van der Waals surface area (Å²) < 4.78 is 0. The maximum atomic E-state index is 13.9. The third kappa shape index (κ3) is 4.32. The highest BCUT2D eigenvalue weighted by atomic mass is 16.2. The average molecular weight is 618 g/mol. The molecule has 0 spiro atoms. The zero-order valence-electron chi connectivity index (χ0n) is 24.6. The number of benzene rings is 5. The van der Waals surface area contributed by atoms with Gasteiger partial charge in [0.25, 0.3) is 29.5 Å². The molecule has 2 atom stereocenters. The molecule has 3 aliphatic heterocycles. The van der Waals surface area contributed by atoms with Crippen molar-refractivity contribution in [3.63, 3.8) is 0 Å². The molecule has 1 fully saturated rings. The van der Waals surface area contributed by atoms with Crippen LogP contribution in [0.4, 0.5) is 11.4 Å². The number of hydrogen-bond acceptors (Lipinski definition) is 6. The summed E-state index contributed by atoms with van der Waals surface area (Å²) in [5.41, 5.74) is 2.36. The van der Waals surface area contributed by atoms with Gasteiger partial charge in [-0.05, 0) is 54.1 Å². The van der Waals surface area contributed by atoms with Crippen LogP contribution in [0.25, 0.3) is 0 Å². The van der Waals surface area contributed by atoms with Crippen LogP contribution in [0.5, 0.6) is 0 Å². The Balaban J connectivity index is 1.09. The number of rotatable bonds is 6. The Morgan fingerprint density at radius 1 is 0.468 bits per heavy atom. The number of nitrogens with zero attached hydrogens (tertiary/aromatic N) is 3. The van der Waals surface area contributed by atoms with E-state index in [4.69, 9.17) is 0 Å². The van der Waals surface area contributed by atoms with E-state index in [0.717, 1.165) is 15.4 Å². The summed E-state index contributed by atoms with van der Waals surface area (Å²) >= 11 is 0. The monoisotopic (exact) mass is 617 g/mol. The lowest BCUT2D eigenvalue weighted by atomic mass is 10.0. The molecule has 5 aromatic carbocycles. The van der Waals surface area contributed by atoms with E-state index in [-0.39, 0.29) is 39.3 Å². The van der Waals surface area contributed by atoms with Crippen molar-refractivity contribution in [3.05, 3.63) is 166 Å². The molecule has 1 saturated heterocycles. The molecule has 5 amide bonds. The predicted octanol–water partition coefficient (Wildman–Crippen LogP) is 5.74. The SMILES string of the molecule is O=C(c1ccccc1)[C@@H]1[C@@H](c2ccccc2)N1C(=O)c1ccc2c(c1)C(=O)N(c1ccc3c(c1)C(=O)N(c1ccccc1)C3=O)C2=O. The highest BCUT2D eigenvalue weighted by Crippen LogP contribution is 2.46. The van der Waals surface area contributed by atoms with Crippen LogP contribution in [-0.2, 0) is 0 Å². The smallest absolute Gasteiger partial charge is 0.266 e. The molecular weight excluding hydrogens is 594 g/mol. The molecule has 47 heavy (non-hydrogen) atoms. The predicted molar refractivity (Wildman–Crippen MR) is 172 cm³/mol. The maximum Gasteiger partial charge on any atom is 0.266 e. The molecule has 0 N–H and O–H groups in total. The molecular formula is C38H23N3O6. The van der Waals surface area contributed by atoms with Crippen molar-refractivity contribution in [2.24, 2.45) is 0 Å². The van der Waals surface area contributed by atoms with Gasteiger partial charge in [0.15, 0.2) is 5.78 Å². The van der Waals surface area contributed by atoms with Gasteiger partial charge in [-0.1, -0.05) is 78.9 Å². The Hall–Kier alpha value is -6.48. The number of imide groups is 2. The van der Waals surface area contributed by atoms with Gasteiger partial charge in [0.2, 0.25) is 0 Å². The second kappa shape index (κ2) is 10.6. The van der Waals surface area contributed by atoms with E-state index in [2.05, 4.69) is 0 Å². The first-order valence-corrected chi connectivity index (χ1v) is 14.9. The van der Waals surface area contributed by atoms with Gasteiger partial charge in [-0.3, -0.25) is 28.8 Å². The van der Waals surface area contributed by atoms with Crippen molar-refractivity contribution in [1.29, 1.82) is 0 Å². The van der Waals surface area contributed by atoms with Gasteiger partial charge >= 0.3 is 0 Å². The molecule has 0 aliphatic carbocycles. The minimum absolute atomic E-state index is 0.0266. The fourth-order valence-corrected chi connectivity index (χ4v) is 6.46. The lowest BCUT2D eigenvalue weighted by molar-refractivity contribution is 0.0833. The van der Waals surface area contributed by atoms with Crippen molar-refractivity contribution in [1.82, 2.24) is 4.90 Å². The average Bonchev–Trinajstić information content (AvgIpc) is 3.75. The zero-order chi connectivity index (χ0) is 32.4. The largest absolute Gasteiger partial charge is 0.316 e. The number of fused-ring (bicyclic) bond motifs is 2. The van der Waals surface area contributed by atoms with E-state index in [9.17, 15) is 28.8 Å². The minimum Gasteiger partial charge on any atom is -0.316 e. The second-order valence-electron chi connectivity index (χ2n) is 11.5. The standard InChI is InChI=1S/C38H23N3O6/c42-33(23-12-6-2-7-13-23)32-31(22-10-4-1-5-11-22)41(32)34(43)24-16-18-27-29(20-24)37(46)40(36(27)45)26-17-19-28-30(21-26)38(47)39(35(28)44)25-14-8-3-9-15-25/h1-21,31-32H/t31-,32+,41?/m1/s1. The quantitative estimate of drug-likeness (QED) is 0.137. The first kappa shape index (κ1) is 28.0. The van der Waals surface area contributed by atoms with Gasteiger partial charge < -0.3 is 4.90 Å². The zero-order valence-corrected chi connectivity index (χ0v) is 24.6. The maximum absolute atomic E-state index is 13.9. The molecule has 0 aromatic heterocycles. The van der Waals surface area contributed by atoms with Crippen molar-refractivity contribution in [3.8, 4) is 0 Å². The molecule has 3 heterocycles. The van der Waals surface area contributed by atoms with Gasteiger partial charge in [0.1, 0.15) is 6.04 Å². The lowest BCUT2D eigenvalue weighted by Gasteiger charge is -2.14. The van der Waals surface area contributed by atoms with Crippen LogP contribution in [0.3, 0.4) is 0 Å². The number of carbonyl (C=O) groups is 6. The highest BCUT2D eigenvalue weighted by molar-refractivity contribution is 6.37. The van der Waals surface area contributed by atoms with Crippen LogP contribution in [0.15, 0.2) is 127 Å². The van der Waals surface area contributed by atoms with Crippen LogP contribution in [0, 0.1) is 0 Å². The van der Waals surface area contributed by atoms with E-state index in [1.165, 1.54) is 41.3 Å². The van der Waals surface area contributed by atoms with Crippen LogP contribution in [0.2, 0.25) is 0 Å². The molecule has 9 nitrogen and oxygen atoms in total. The van der Waals surface area contributed by atoms with Crippen molar-refractivity contribution < 1.29 is 28.8 Å². The van der Waals surface area contributed by atoms with E-state index in [0.29, 0.717) is 11.3 Å². The van der Waals surface area contributed by atoms with Gasteiger partial charge in [0, 0.05) is 11.1 Å². The Morgan fingerprint density at radius 3 is 1.62 bits per heavy atom. The van der Waals surface area contributed by atoms with E-state index in [1.54, 1.807) is 54.6 Å². The van der Waals surface area contributed by atoms with Crippen molar-refractivity contribution >= 4 is 46.7 Å². The second-order valence-corrected chi connectivity index (χ2v) is 11.5. The number of anilines is 2. The van der Waals surface area contributed by atoms with Crippen LogP contribution in [-0.4, -0.2) is 46.3 Å². The fraction of sp³-hybridized carbons (Fsp3) is 0.0526. The summed E-state index contributed by atoms with van der Waals surface area (Å²) in [6.07, 6.45) is 0. The summed E-state index contributed by atoms with van der Waals surface area (Å²) in [5, 5.41) is 0. The Labute approximate surface area is 268 Å². The third-order valence-electron chi connectivity index (χ3n) is 8.79. The van der Waals surface area contributed by atoms with Gasteiger partial charge in [0.05, 0.1) is 39.7 Å². The normalized spacial score (nSPS) is 18.0. The molecule has 5 aromatic rings. The third-order valence-corrected chi connectivity index (χ3v) is 8.79. The Morgan fingerprint density at radius 2 is 0.979 bits per heavy atom. The van der Waals surface area contributed by atoms with Gasteiger partial charge in [-0.25, -0.2) is 9.80 Å². The molecule has 0 saturated carbocycles. The Kier molecular flexibility index (Phi) is 6.30. The summed E-state index contributed by atoms with van der Waals surface area (Å²) in [4.78, 5) is 84.5. The van der Waals surface area contributed by atoms with E-state index >= 15 is 0 Å². The van der Waals surface area contributed by atoms with Crippen molar-refractivity contribution in [2.45, 2.75) is 12.1 Å². The number of carbonyl (C=O) groups excluding carboxylic acids is 6. The molecule has 0 radical (unpaired) electrons. The summed E-state index contributed by atoms with van der Waals surface area (Å²) in [6.45, 7) is 0. The summed E-state index contributed by atoms with van der Waals surface area (Å²) in [5.74, 6) is -2.99. The molecule has 226 valence electrons. The van der Waals surface area contributed by atoms with Gasteiger partial charge in [-0.2, -0.15) is 0 Å². The topological polar surface area (TPSA) is 112 Å². The van der Waals surface area contributed by atoms with Crippen LogP contribution >= 0.6 is 0 Å². The fourth-order valence-electron chi connectivity index (χ4n) is 6.46. The number of Topliss-reactive ketones (excluding diaryl/α,β-unsaturated/α-hetero) is 1. The Bertz CT molecular complexity index is 2180. The van der Waals surface area contributed by atoms with Gasteiger partial charge in [-0.15, -0.1) is 0 Å². The molecule has 3 aliphatic rings. The van der Waals surface area contributed by atoms with Crippen LogP contribution < -0.4 is 9.80 Å². The number of hydrogen-bond donors (Lipinski definition) is 0. The molecule has 9 heteroatoms. The lowest BCUT2D eigenvalue weighted by Crippen LogP contribution is -2.30. The number of para-hydroxylation sites is 1. The summed E-state index contributed by atoms with van der Waals surface area (Å²) in [6, 6.07) is 33.8. The van der Waals surface area contributed by atoms with Crippen LogP contribution in [0.1, 0.15) is 73.8 Å². The minimum atomic E-state index is -0.725. The highest BCUT2D eigenvalue weighted by Gasteiger charge is 2.56. The summed E-state index contributed by atoms with van der Waals surface area (Å²) in [7, 11) is 0. The van der Waals surface area contributed by atoms with E-state index < -0.39 is 41.6 Å². The first-order chi connectivity index (χ1) is 22.8. The van der Waals surface area contributed by atoms with Crippen molar-refractivity contribution in [2.75, 3.05) is 9.80 Å². The number of ketones is 1. The molecule has 0 bridgehead atoms. The first-order valence-electron chi connectivity index (χ1n) is 14.9. The molecule has 0 unspecified atom stereocenters. The molecule has 8 rings (SSSR count). The van der Waals surface area contributed by atoms with E-state index in [1.807, 2.05) is 36.4 Å². The number of amides is 5.